The number of nitrogens with zero attached hydrogens (tertiary/aromatic N) is 4. The average molecular weight is 431 g/mol. The van der Waals surface area contributed by atoms with Crippen LogP contribution in [0.5, 0.6) is 0 Å². The molecular weight excluding hydrogens is 409 g/mol. The molecule has 0 bridgehead atoms. The third kappa shape index (κ3) is 4.62. The van der Waals surface area contributed by atoms with Gasteiger partial charge in [0, 0.05) is 24.7 Å². The number of hydrazine groups is 1. The Kier molecular flexibility index (Phi) is 5.60. The summed E-state index contributed by atoms with van der Waals surface area (Å²) in [7, 11) is -2.98. The van der Waals surface area contributed by atoms with Crippen LogP contribution in [0.2, 0.25) is 0 Å². The lowest BCUT2D eigenvalue weighted by Crippen LogP contribution is -2.58. The number of guanidine groups is 1. The summed E-state index contributed by atoms with van der Waals surface area (Å²) in [4.78, 5) is 26.8. The maximum absolute atomic E-state index is 14.5. The summed E-state index contributed by atoms with van der Waals surface area (Å²) in [6.07, 6.45) is -1.08. The lowest BCUT2D eigenvalue weighted by atomic mass is 9.93. The number of halogens is 1. The number of hydrogen-bond donors (Lipinski definition) is 1. The number of nitrogens with two attached hydrogens (primary N) is 1. The highest BCUT2D eigenvalue weighted by Gasteiger charge is 2.45. The predicted octanol–water partition coefficient (Wildman–Crippen LogP) is 1.69. The molecule has 2 N–H and O–H groups in total. The fourth-order valence-electron chi connectivity index (χ4n) is 2.68. The molecule has 1 aromatic carbocycles. The van der Waals surface area contributed by atoms with E-state index in [0.717, 1.165) is 25.2 Å². The molecule has 1 aliphatic heterocycles. The fraction of sp³-hybridized carbons (Fsp3) is 0.500. The molecule has 1 amide bonds. The number of benzene rings is 1. The van der Waals surface area contributed by atoms with Crippen LogP contribution in [0.3, 0.4) is 0 Å². The predicted molar refractivity (Wildman–Crippen MR) is 102 cm³/mol. The monoisotopic (exact) mass is 431 g/mol. The van der Waals surface area contributed by atoms with Crippen molar-refractivity contribution in [2.24, 2.45) is 10.8 Å². The van der Waals surface area contributed by atoms with Gasteiger partial charge in [-0.2, -0.15) is 5.01 Å². The lowest BCUT2D eigenvalue weighted by molar-refractivity contribution is -0.385. The van der Waals surface area contributed by atoms with Crippen LogP contribution < -0.4 is 5.84 Å². The number of non-ortho nitro benzene ring substituents is 1. The molecule has 0 aliphatic carbocycles. The number of carbonyl (C=O) groups excluding carboxylic acids is 1. The quantitative estimate of drug-likeness (QED) is 0.324. The van der Waals surface area contributed by atoms with E-state index in [4.69, 9.17) is 10.6 Å². The first kappa shape index (κ1) is 22.5. The summed E-state index contributed by atoms with van der Waals surface area (Å²) < 4.78 is 45.6. The van der Waals surface area contributed by atoms with Crippen molar-refractivity contribution in [2.75, 3.05) is 12.8 Å². The molecule has 160 valence electrons. The molecule has 0 radical (unpaired) electrons. The number of hydrogen-bond acceptors (Lipinski definition) is 8. The van der Waals surface area contributed by atoms with Gasteiger partial charge in [-0.3, -0.25) is 10.1 Å². The van der Waals surface area contributed by atoms with Crippen molar-refractivity contribution in [1.82, 2.24) is 9.31 Å². The second-order valence-electron chi connectivity index (χ2n) is 7.68. The highest BCUT2D eigenvalue weighted by Crippen LogP contribution is 2.36. The van der Waals surface area contributed by atoms with E-state index in [9.17, 15) is 27.7 Å². The summed E-state index contributed by atoms with van der Waals surface area (Å²) in [6.45, 7) is 6.04. The molecular formula is C16H22FN5O6S. The average Bonchev–Trinajstić information content (AvgIpc) is 2.55. The van der Waals surface area contributed by atoms with E-state index in [0.29, 0.717) is 9.31 Å². The second kappa shape index (κ2) is 7.22. The second-order valence-corrected chi connectivity index (χ2v) is 9.68. The van der Waals surface area contributed by atoms with Crippen LogP contribution in [-0.2, 0) is 20.3 Å². The van der Waals surface area contributed by atoms with Crippen LogP contribution in [0.4, 0.5) is 14.9 Å². The van der Waals surface area contributed by atoms with E-state index in [1.165, 1.54) is 6.92 Å². The standard InChI is InChI=1S/C16H22FN5O6S/c1-15(2,3)28-14(23)21(18)13-19-16(4,9-29(26,27)20(13)5)11-8-10(22(24)25)6-7-12(11)17/h6-8H,9,18H2,1-5H3/t16-/m0/s1. The third-order valence-corrected chi connectivity index (χ3v) is 5.98. The van der Waals surface area contributed by atoms with Gasteiger partial charge in [-0.1, -0.05) is 0 Å². The zero-order valence-electron chi connectivity index (χ0n) is 16.5. The number of sulfonamides is 1. The van der Waals surface area contributed by atoms with Crippen molar-refractivity contribution in [3.63, 3.8) is 0 Å². The van der Waals surface area contributed by atoms with Gasteiger partial charge in [0.2, 0.25) is 16.0 Å². The number of aliphatic imine (C=N–C) groups is 1. The minimum atomic E-state index is -4.10. The first-order valence-electron chi connectivity index (χ1n) is 8.36. The topological polar surface area (TPSA) is 148 Å². The van der Waals surface area contributed by atoms with Gasteiger partial charge in [0.15, 0.2) is 0 Å². The molecule has 2 rings (SSSR count). The van der Waals surface area contributed by atoms with Gasteiger partial charge >= 0.3 is 6.09 Å². The molecule has 1 atom stereocenters. The first-order chi connectivity index (χ1) is 13.1. The smallest absolute Gasteiger partial charge is 0.431 e. The number of rotatable bonds is 2. The summed E-state index contributed by atoms with van der Waals surface area (Å²) >= 11 is 0. The number of amides is 1. The van der Waals surface area contributed by atoms with E-state index in [1.807, 2.05) is 0 Å². The summed E-state index contributed by atoms with van der Waals surface area (Å²) in [6, 6.07) is 2.71. The van der Waals surface area contributed by atoms with E-state index in [2.05, 4.69) is 4.99 Å². The van der Waals surface area contributed by atoms with Gasteiger partial charge in [0.1, 0.15) is 17.0 Å². The van der Waals surface area contributed by atoms with Gasteiger partial charge in [-0.05, 0) is 33.8 Å². The molecule has 13 heteroatoms. The molecule has 11 nitrogen and oxygen atoms in total. The Morgan fingerprint density at radius 1 is 1.45 bits per heavy atom. The van der Waals surface area contributed by atoms with Crippen molar-refractivity contribution in [2.45, 2.75) is 38.8 Å². The van der Waals surface area contributed by atoms with Crippen LogP contribution in [0.25, 0.3) is 0 Å². The normalized spacial score (nSPS) is 21.3. The maximum Gasteiger partial charge on any atom is 0.431 e. The molecule has 29 heavy (non-hydrogen) atoms. The molecule has 0 unspecified atom stereocenters. The van der Waals surface area contributed by atoms with Crippen molar-refractivity contribution in [1.29, 1.82) is 0 Å². The van der Waals surface area contributed by atoms with E-state index >= 15 is 0 Å². The van der Waals surface area contributed by atoms with Crippen molar-refractivity contribution >= 4 is 27.8 Å². The minimum absolute atomic E-state index is 0.321. The molecule has 0 fully saturated rings. The Morgan fingerprint density at radius 3 is 2.55 bits per heavy atom. The number of nitro benzene ring substituents is 1. The zero-order valence-corrected chi connectivity index (χ0v) is 17.4. The van der Waals surface area contributed by atoms with Crippen molar-refractivity contribution < 1.29 is 27.3 Å². The van der Waals surface area contributed by atoms with Crippen molar-refractivity contribution in [3.8, 4) is 0 Å². The lowest BCUT2D eigenvalue weighted by Gasteiger charge is -2.38. The number of ether oxygens (including phenoxy) is 1. The minimum Gasteiger partial charge on any atom is -0.442 e. The SMILES string of the molecule is CN1C(N(N)C(=O)OC(C)(C)C)=N[C@](C)(c2cc([N+](=O)[O-])ccc2F)CS1(=O)=O. The summed E-state index contributed by atoms with van der Waals surface area (Å²) in [5.74, 6) is 3.65. The Hall–Kier alpha value is -2.80. The fourth-order valence-corrected chi connectivity index (χ4v) is 4.18. The zero-order chi connectivity index (χ0) is 22.4. The van der Waals surface area contributed by atoms with Gasteiger partial charge in [-0.15, -0.1) is 0 Å². The molecule has 1 aliphatic rings. The highest BCUT2D eigenvalue weighted by molar-refractivity contribution is 7.89. The van der Waals surface area contributed by atoms with Crippen LogP contribution in [0.1, 0.15) is 33.3 Å². The van der Waals surface area contributed by atoms with E-state index in [1.54, 1.807) is 20.8 Å². The Labute approximate surface area is 167 Å². The molecule has 0 saturated carbocycles. The third-order valence-electron chi connectivity index (χ3n) is 4.06. The van der Waals surface area contributed by atoms with Crippen LogP contribution in [0, 0.1) is 15.9 Å². The highest BCUT2D eigenvalue weighted by atomic mass is 32.2. The van der Waals surface area contributed by atoms with Crippen LogP contribution in [0.15, 0.2) is 23.2 Å². The van der Waals surface area contributed by atoms with E-state index in [-0.39, 0.29) is 5.56 Å². The van der Waals surface area contributed by atoms with Gasteiger partial charge in [0.05, 0.1) is 10.7 Å². The molecule has 0 aromatic heterocycles. The molecule has 0 spiro atoms. The largest absolute Gasteiger partial charge is 0.442 e. The van der Waals surface area contributed by atoms with Crippen molar-refractivity contribution in [3.05, 3.63) is 39.7 Å². The van der Waals surface area contributed by atoms with Gasteiger partial charge in [0.25, 0.3) is 5.69 Å². The number of carbonyl (C=O) groups is 1. The molecule has 1 aromatic rings. The Bertz CT molecular complexity index is 990. The molecule has 1 heterocycles. The maximum atomic E-state index is 14.5. The Balaban J connectivity index is 2.62. The summed E-state index contributed by atoms with van der Waals surface area (Å²) in [5.41, 5.74) is -3.46. The summed E-state index contributed by atoms with van der Waals surface area (Å²) in [5, 5.41) is 11.5. The van der Waals surface area contributed by atoms with E-state index < -0.39 is 55.4 Å². The Morgan fingerprint density at radius 2 is 2.03 bits per heavy atom. The molecule has 0 saturated heterocycles. The number of nitro groups is 1. The van der Waals surface area contributed by atoms with Gasteiger partial charge in [-0.25, -0.2) is 32.7 Å². The van der Waals surface area contributed by atoms with Crippen LogP contribution >= 0.6 is 0 Å². The van der Waals surface area contributed by atoms with Crippen LogP contribution in [-0.4, -0.2) is 53.1 Å². The van der Waals surface area contributed by atoms with Gasteiger partial charge < -0.3 is 4.74 Å². The first-order valence-corrected chi connectivity index (χ1v) is 9.97.